The summed E-state index contributed by atoms with van der Waals surface area (Å²) in [5.74, 6) is -1.36. The van der Waals surface area contributed by atoms with Gasteiger partial charge in [0, 0.05) is 15.8 Å². The maximum Gasteiger partial charge on any atom is 0.314 e. The van der Waals surface area contributed by atoms with Crippen LogP contribution in [0.4, 0.5) is 11.4 Å². The summed E-state index contributed by atoms with van der Waals surface area (Å²) in [4.78, 5) is 24.4. The molecule has 0 radical (unpaired) electrons. The summed E-state index contributed by atoms with van der Waals surface area (Å²) in [5, 5.41) is 5.38. The van der Waals surface area contributed by atoms with Crippen molar-refractivity contribution in [3.05, 3.63) is 57.1 Å². The van der Waals surface area contributed by atoms with E-state index in [1.54, 1.807) is 0 Å². The highest BCUT2D eigenvalue weighted by molar-refractivity contribution is 9.10. The van der Waals surface area contributed by atoms with Gasteiger partial charge in [-0.2, -0.15) is 0 Å². The van der Waals surface area contributed by atoms with Gasteiger partial charge in [0.25, 0.3) is 0 Å². The maximum atomic E-state index is 12.2. The zero-order chi connectivity index (χ0) is 17.1. The molecule has 0 spiro atoms. The van der Waals surface area contributed by atoms with Crippen molar-refractivity contribution in [2.24, 2.45) is 0 Å². The minimum atomic E-state index is -0.679. The van der Waals surface area contributed by atoms with Crippen molar-refractivity contribution in [1.82, 2.24) is 0 Å². The molecule has 23 heavy (non-hydrogen) atoms. The molecule has 2 N–H and O–H groups in total. The summed E-state index contributed by atoms with van der Waals surface area (Å²) in [5.41, 5.74) is 4.96. The van der Waals surface area contributed by atoms with Gasteiger partial charge < -0.3 is 10.6 Å². The Hall–Kier alpha value is -2.14. The number of para-hydroxylation sites is 1. The Morgan fingerprint density at radius 2 is 1.17 bits per heavy atom. The Bertz CT molecular complexity index is 741. The average molecular weight is 375 g/mol. The number of carbonyl (C=O) groups is 2. The van der Waals surface area contributed by atoms with Crippen LogP contribution >= 0.6 is 15.9 Å². The summed E-state index contributed by atoms with van der Waals surface area (Å²) in [7, 11) is 0. The fourth-order valence-electron chi connectivity index (χ4n) is 2.46. The van der Waals surface area contributed by atoms with Crippen LogP contribution in [0.5, 0.6) is 0 Å². The van der Waals surface area contributed by atoms with E-state index in [-0.39, 0.29) is 0 Å². The molecule has 0 unspecified atom stereocenters. The quantitative estimate of drug-likeness (QED) is 0.771. The Balaban J connectivity index is 2.17. The third kappa shape index (κ3) is 3.99. The van der Waals surface area contributed by atoms with E-state index in [0.717, 1.165) is 26.7 Å². The Morgan fingerprint density at radius 3 is 1.61 bits per heavy atom. The van der Waals surface area contributed by atoms with Crippen molar-refractivity contribution in [2.45, 2.75) is 27.7 Å². The molecule has 2 aromatic carbocycles. The van der Waals surface area contributed by atoms with E-state index in [4.69, 9.17) is 0 Å². The summed E-state index contributed by atoms with van der Waals surface area (Å²) in [6.45, 7) is 7.56. The van der Waals surface area contributed by atoms with E-state index in [1.807, 2.05) is 58.0 Å². The third-order valence-electron chi connectivity index (χ3n) is 3.66. The first-order valence-electron chi connectivity index (χ1n) is 7.25. The molecule has 0 atom stereocenters. The van der Waals surface area contributed by atoms with E-state index in [2.05, 4.69) is 26.6 Å². The van der Waals surface area contributed by atoms with Crippen molar-refractivity contribution >= 4 is 39.1 Å². The van der Waals surface area contributed by atoms with Gasteiger partial charge in [-0.1, -0.05) is 34.1 Å². The van der Waals surface area contributed by atoms with Gasteiger partial charge in [0.1, 0.15) is 0 Å². The van der Waals surface area contributed by atoms with Crippen LogP contribution in [0, 0.1) is 27.7 Å². The highest BCUT2D eigenvalue weighted by Crippen LogP contribution is 2.25. The van der Waals surface area contributed by atoms with Crippen LogP contribution in [0.15, 0.2) is 34.8 Å². The normalized spacial score (nSPS) is 10.3. The first-order chi connectivity index (χ1) is 10.8. The molecule has 120 valence electrons. The van der Waals surface area contributed by atoms with Crippen molar-refractivity contribution in [3.63, 3.8) is 0 Å². The number of nitrogens with one attached hydrogen (secondary N) is 2. The van der Waals surface area contributed by atoms with Crippen LogP contribution in [0.3, 0.4) is 0 Å². The molecule has 0 aliphatic heterocycles. The van der Waals surface area contributed by atoms with Crippen LogP contribution in [-0.2, 0) is 9.59 Å². The molecule has 4 nitrogen and oxygen atoms in total. The molecular formula is C18H19BrN2O2. The highest BCUT2D eigenvalue weighted by Gasteiger charge is 2.17. The number of rotatable bonds is 2. The molecule has 0 saturated heterocycles. The fraction of sp³-hybridized carbons (Fsp3) is 0.222. The molecule has 0 fully saturated rings. The molecule has 0 aliphatic rings. The molecule has 2 amide bonds. The zero-order valence-corrected chi connectivity index (χ0v) is 15.2. The monoisotopic (exact) mass is 374 g/mol. The summed E-state index contributed by atoms with van der Waals surface area (Å²) in [6.07, 6.45) is 0. The van der Waals surface area contributed by atoms with Gasteiger partial charge in [-0.25, -0.2) is 0 Å². The molecule has 0 bridgehead atoms. The predicted molar refractivity (Wildman–Crippen MR) is 96.8 cm³/mol. The Labute approximate surface area is 144 Å². The van der Waals surface area contributed by atoms with Crippen LogP contribution in [-0.4, -0.2) is 11.8 Å². The van der Waals surface area contributed by atoms with Crippen molar-refractivity contribution in [2.75, 3.05) is 10.6 Å². The fourth-order valence-corrected chi connectivity index (χ4v) is 3.15. The second kappa shape index (κ2) is 6.96. The largest absolute Gasteiger partial charge is 0.317 e. The number of aryl methyl sites for hydroxylation is 4. The maximum absolute atomic E-state index is 12.2. The number of hydrogen-bond donors (Lipinski definition) is 2. The summed E-state index contributed by atoms with van der Waals surface area (Å²) >= 11 is 3.41. The van der Waals surface area contributed by atoms with E-state index in [0.29, 0.717) is 11.4 Å². The van der Waals surface area contributed by atoms with Gasteiger partial charge in [-0.15, -0.1) is 0 Å². The van der Waals surface area contributed by atoms with Crippen LogP contribution in [0.25, 0.3) is 0 Å². The SMILES string of the molecule is Cc1cccc(C)c1NC(=O)C(=O)Nc1c(C)cc(Br)cc1C. The molecule has 0 heterocycles. The number of hydrogen-bond acceptors (Lipinski definition) is 2. The lowest BCUT2D eigenvalue weighted by Gasteiger charge is -2.14. The number of benzene rings is 2. The van der Waals surface area contributed by atoms with Crippen molar-refractivity contribution < 1.29 is 9.59 Å². The lowest BCUT2D eigenvalue weighted by molar-refractivity contribution is -0.133. The van der Waals surface area contributed by atoms with Crippen LogP contribution in [0.2, 0.25) is 0 Å². The third-order valence-corrected chi connectivity index (χ3v) is 4.12. The van der Waals surface area contributed by atoms with Gasteiger partial charge >= 0.3 is 11.8 Å². The van der Waals surface area contributed by atoms with E-state index in [1.165, 1.54) is 0 Å². The second-order valence-corrected chi connectivity index (χ2v) is 6.51. The first-order valence-corrected chi connectivity index (χ1v) is 8.04. The molecule has 0 aliphatic carbocycles. The van der Waals surface area contributed by atoms with Crippen molar-refractivity contribution in [3.8, 4) is 0 Å². The molecule has 0 saturated carbocycles. The molecule has 5 heteroatoms. The molecular weight excluding hydrogens is 356 g/mol. The minimum absolute atomic E-state index is 0.662. The summed E-state index contributed by atoms with van der Waals surface area (Å²) < 4.78 is 0.936. The van der Waals surface area contributed by atoms with Gasteiger partial charge in [0.05, 0.1) is 0 Å². The van der Waals surface area contributed by atoms with Gasteiger partial charge in [-0.3, -0.25) is 9.59 Å². The van der Waals surface area contributed by atoms with E-state index >= 15 is 0 Å². The number of anilines is 2. The predicted octanol–water partition coefficient (Wildman–Crippen LogP) is 4.26. The van der Waals surface area contributed by atoms with E-state index in [9.17, 15) is 9.59 Å². The van der Waals surface area contributed by atoms with Gasteiger partial charge in [0.2, 0.25) is 0 Å². The Kier molecular flexibility index (Phi) is 5.21. The van der Waals surface area contributed by atoms with E-state index < -0.39 is 11.8 Å². The van der Waals surface area contributed by atoms with Crippen molar-refractivity contribution in [1.29, 1.82) is 0 Å². The lowest BCUT2D eigenvalue weighted by Crippen LogP contribution is -2.30. The average Bonchev–Trinajstić information content (AvgIpc) is 2.46. The standard InChI is InChI=1S/C18H19BrN2O2/c1-10-6-5-7-11(2)15(10)20-17(22)18(23)21-16-12(3)8-14(19)9-13(16)4/h5-9H,1-4H3,(H,20,22)(H,21,23). The van der Waals surface area contributed by atoms with Gasteiger partial charge in [-0.05, 0) is 62.1 Å². The summed E-state index contributed by atoms with van der Waals surface area (Å²) in [6, 6.07) is 9.49. The minimum Gasteiger partial charge on any atom is -0.317 e. The topological polar surface area (TPSA) is 58.2 Å². The smallest absolute Gasteiger partial charge is 0.314 e. The molecule has 0 aromatic heterocycles. The Morgan fingerprint density at radius 1 is 0.783 bits per heavy atom. The number of amides is 2. The highest BCUT2D eigenvalue weighted by atomic mass is 79.9. The second-order valence-electron chi connectivity index (χ2n) is 5.59. The number of carbonyl (C=O) groups excluding carboxylic acids is 2. The van der Waals surface area contributed by atoms with Gasteiger partial charge in [0.15, 0.2) is 0 Å². The van der Waals surface area contributed by atoms with Crippen LogP contribution in [0.1, 0.15) is 22.3 Å². The lowest BCUT2D eigenvalue weighted by atomic mass is 10.1. The van der Waals surface area contributed by atoms with Crippen LogP contribution < -0.4 is 10.6 Å². The molecule has 2 rings (SSSR count). The number of halogens is 1. The first kappa shape index (κ1) is 17.2. The molecule has 2 aromatic rings. The zero-order valence-electron chi connectivity index (χ0n) is 13.6.